The highest BCUT2D eigenvalue weighted by Gasteiger charge is 2.41. The standard InChI is InChI=1S/C12H17N5O2/c1-2-18-12(5-3-4-6-12)11-14-10(19-17-11)8-7-9(13)16-15-8/h7H,2-6H2,1H3,(H3,13,15,16). The lowest BCUT2D eigenvalue weighted by Gasteiger charge is -2.24. The molecule has 0 saturated heterocycles. The number of aromatic nitrogens is 4. The van der Waals surface area contributed by atoms with Crippen LogP contribution in [0.2, 0.25) is 0 Å². The van der Waals surface area contributed by atoms with E-state index in [2.05, 4.69) is 20.3 Å². The fourth-order valence-corrected chi connectivity index (χ4v) is 2.62. The average molecular weight is 263 g/mol. The van der Waals surface area contributed by atoms with Gasteiger partial charge in [-0.2, -0.15) is 10.1 Å². The second-order valence-electron chi connectivity index (χ2n) is 4.76. The molecule has 0 radical (unpaired) electrons. The van der Waals surface area contributed by atoms with Crippen molar-refractivity contribution in [2.45, 2.75) is 38.2 Å². The number of nitrogen functional groups attached to an aromatic ring is 1. The number of nitrogens with one attached hydrogen (secondary N) is 1. The molecule has 0 bridgehead atoms. The molecule has 0 spiro atoms. The first-order chi connectivity index (χ1) is 9.23. The summed E-state index contributed by atoms with van der Waals surface area (Å²) in [6.07, 6.45) is 4.12. The van der Waals surface area contributed by atoms with Gasteiger partial charge in [0.15, 0.2) is 0 Å². The SMILES string of the molecule is CCOC1(c2noc(-c3cc(N)n[nH]3)n2)CCCC1. The molecule has 7 heteroatoms. The van der Waals surface area contributed by atoms with E-state index in [1.807, 2.05) is 6.92 Å². The van der Waals surface area contributed by atoms with Crippen molar-refractivity contribution in [2.75, 3.05) is 12.3 Å². The van der Waals surface area contributed by atoms with Crippen LogP contribution < -0.4 is 5.73 Å². The number of rotatable bonds is 4. The number of ether oxygens (including phenoxy) is 1. The van der Waals surface area contributed by atoms with Crippen LogP contribution in [-0.4, -0.2) is 26.9 Å². The molecule has 0 aromatic carbocycles. The molecule has 7 nitrogen and oxygen atoms in total. The Morgan fingerprint density at radius 2 is 2.26 bits per heavy atom. The van der Waals surface area contributed by atoms with Gasteiger partial charge in [0.05, 0.1) is 0 Å². The third-order valence-electron chi connectivity index (χ3n) is 3.49. The highest BCUT2D eigenvalue weighted by molar-refractivity contribution is 5.51. The van der Waals surface area contributed by atoms with Gasteiger partial charge in [-0.05, 0) is 32.6 Å². The van der Waals surface area contributed by atoms with Gasteiger partial charge in [-0.25, -0.2) is 0 Å². The van der Waals surface area contributed by atoms with Gasteiger partial charge >= 0.3 is 0 Å². The van der Waals surface area contributed by atoms with Crippen LogP contribution in [0.15, 0.2) is 10.6 Å². The summed E-state index contributed by atoms with van der Waals surface area (Å²) in [6, 6.07) is 1.67. The Kier molecular flexibility index (Phi) is 2.98. The van der Waals surface area contributed by atoms with Crippen LogP contribution in [0.25, 0.3) is 11.6 Å². The zero-order chi connectivity index (χ0) is 13.3. The average Bonchev–Trinajstić information content (AvgIpc) is 3.07. The summed E-state index contributed by atoms with van der Waals surface area (Å²) in [5, 5.41) is 10.7. The predicted molar refractivity (Wildman–Crippen MR) is 68.1 cm³/mol. The maximum absolute atomic E-state index is 5.90. The van der Waals surface area contributed by atoms with Crippen LogP contribution in [0.1, 0.15) is 38.4 Å². The Balaban J connectivity index is 1.91. The lowest BCUT2D eigenvalue weighted by molar-refractivity contribution is -0.0469. The molecule has 2 heterocycles. The molecule has 0 aliphatic heterocycles. The zero-order valence-corrected chi connectivity index (χ0v) is 10.8. The van der Waals surface area contributed by atoms with Crippen molar-refractivity contribution in [2.24, 2.45) is 0 Å². The number of H-pyrrole nitrogens is 1. The molecule has 0 unspecified atom stereocenters. The Morgan fingerprint density at radius 1 is 1.47 bits per heavy atom. The van der Waals surface area contributed by atoms with Crippen LogP contribution in [-0.2, 0) is 10.3 Å². The Labute approximate surface area is 110 Å². The number of hydrogen-bond donors (Lipinski definition) is 2. The lowest BCUT2D eigenvalue weighted by atomic mass is 10.0. The maximum atomic E-state index is 5.90. The van der Waals surface area contributed by atoms with E-state index >= 15 is 0 Å². The minimum absolute atomic E-state index is 0.387. The fraction of sp³-hybridized carbons (Fsp3) is 0.583. The largest absolute Gasteiger partial charge is 0.382 e. The van der Waals surface area contributed by atoms with Crippen molar-refractivity contribution in [1.82, 2.24) is 20.3 Å². The van der Waals surface area contributed by atoms with Gasteiger partial charge in [-0.15, -0.1) is 0 Å². The fourth-order valence-electron chi connectivity index (χ4n) is 2.62. The molecular formula is C12H17N5O2. The van der Waals surface area contributed by atoms with Gasteiger partial charge in [0.2, 0.25) is 5.82 Å². The predicted octanol–water partition coefficient (Wildman–Crippen LogP) is 1.85. The molecule has 2 aromatic rings. The summed E-state index contributed by atoms with van der Waals surface area (Å²) in [6.45, 7) is 2.62. The highest BCUT2D eigenvalue weighted by atomic mass is 16.5. The first-order valence-corrected chi connectivity index (χ1v) is 6.53. The molecule has 19 heavy (non-hydrogen) atoms. The van der Waals surface area contributed by atoms with Gasteiger partial charge in [0.1, 0.15) is 17.1 Å². The lowest BCUT2D eigenvalue weighted by Crippen LogP contribution is -2.27. The Bertz CT molecular complexity index is 556. The molecule has 0 atom stereocenters. The van der Waals surface area contributed by atoms with E-state index in [0.29, 0.717) is 29.8 Å². The van der Waals surface area contributed by atoms with E-state index in [1.54, 1.807) is 6.07 Å². The van der Waals surface area contributed by atoms with Gasteiger partial charge < -0.3 is 15.0 Å². The van der Waals surface area contributed by atoms with E-state index < -0.39 is 0 Å². The third-order valence-corrected chi connectivity index (χ3v) is 3.49. The second-order valence-corrected chi connectivity index (χ2v) is 4.76. The summed E-state index contributed by atoms with van der Waals surface area (Å²) in [4.78, 5) is 4.44. The number of nitrogens with zero attached hydrogens (tertiary/aromatic N) is 3. The van der Waals surface area contributed by atoms with Gasteiger partial charge in [0.25, 0.3) is 5.89 Å². The summed E-state index contributed by atoms with van der Waals surface area (Å²) in [5.41, 5.74) is 5.80. The monoisotopic (exact) mass is 263 g/mol. The summed E-state index contributed by atoms with van der Waals surface area (Å²) >= 11 is 0. The minimum atomic E-state index is -0.387. The van der Waals surface area contributed by atoms with E-state index in [-0.39, 0.29) is 5.60 Å². The molecule has 1 saturated carbocycles. The van der Waals surface area contributed by atoms with Crippen LogP contribution in [0.3, 0.4) is 0 Å². The van der Waals surface area contributed by atoms with E-state index in [4.69, 9.17) is 15.0 Å². The quantitative estimate of drug-likeness (QED) is 0.872. The van der Waals surface area contributed by atoms with Crippen LogP contribution in [0, 0.1) is 0 Å². The molecular weight excluding hydrogens is 246 g/mol. The molecule has 0 amide bonds. The summed E-state index contributed by atoms with van der Waals surface area (Å²) in [7, 11) is 0. The van der Waals surface area contributed by atoms with E-state index in [1.165, 1.54) is 0 Å². The molecule has 3 rings (SSSR count). The summed E-state index contributed by atoms with van der Waals surface area (Å²) in [5.74, 6) is 1.41. The second kappa shape index (κ2) is 4.65. The summed E-state index contributed by atoms with van der Waals surface area (Å²) < 4.78 is 11.2. The molecule has 102 valence electrons. The van der Waals surface area contributed by atoms with Gasteiger partial charge in [-0.3, -0.25) is 5.10 Å². The molecule has 3 N–H and O–H groups in total. The first-order valence-electron chi connectivity index (χ1n) is 6.53. The van der Waals surface area contributed by atoms with Gasteiger partial charge in [-0.1, -0.05) is 5.16 Å². The first kappa shape index (κ1) is 12.2. The molecule has 1 aliphatic rings. The van der Waals surface area contributed by atoms with Crippen molar-refractivity contribution in [3.8, 4) is 11.6 Å². The van der Waals surface area contributed by atoms with Crippen molar-refractivity contribution in [3.05, 3.63) is 11.9 Å². The van der Waals surface area contributed by atoms with Crippen LogP contribution >= 0.6 is 0 Å². The number of nitrogens with two attached hydrogens (primary N) is 1. The maximum Gasteiger partial charge on any atom is 0.276 e. The number of aromatic amines is 1. The third kappa shape index (κ3) is 2.10. The van der Waals surface area contributed by atoms with E-state index in [9.17, 15) is 0 Å². The van der Waals surface area contributed by atoms with Crippen LogP contribution in [0.5, 0.6) is 0 Å². The Morgan fingerprint density at radius 3 is 2.89 bits per heavy atom. The molecule has 1 fully saturated rings. The van der Waals surface area contributed by atoms with Crippen molar-refractivity contribution < 1.29 is 9.26 Å². The van der Waals surface area contributed by atoms with Crippen molar-refractivity contribution >= 4 is 5.82 Å². The number of hydrogen-bond acceptors (Lipinski definition) is 6. The highest BCUT2D eigenvalue weighted by Crippen LogP contribution is 2.41. The smallest absolute Gasteiger partial charge is 0.276 e. The zero-order valence-electron chi connectivity index (χ0n) is 10.8. The van der Waals surface area contributed by atoms with Gasteiger partial charge in [0, 0.05) is 12.7 Å². The molecule has 1 aliphatic carbocycles. The normalized spacial score (nSPS) is 17.9. The van der Waals surface area contributed by atoms with Crippen molar-refractivity contribution in [3.63, 3.8) is 0 Å². The number of anilines is 1. The van der Waals surface area contributed by atoms with Crippen LogP contribution in [0.4, 0.5) is 5.82 Å². The molecule has 2 aromatic heterocycles. The minimum Gasteiger partial charge on any atom is -0.382 e. The van der Waals surface area contributed by atoms with Crippen molar-refractivity contribution in [1.29, 1.82) is 0 Å². The van der Waals surface area contributed by atoms with E-state index in [0.717, 1.165) is 25.7 Å². The topological polar surface area (TPSA) is 103 Å². The Hall–Kier alpha value is -1.89.